The molecule has 0 saturated carbocycles. The Labute approximate surface area is 345 Å². The van der Waals surface area contributed by atoms with Crippen LogP contribution in [0.4, 0.5) is 17.1 Å². The van der Waals surface area contributed by atoms with Crippen LogP contribution in [-0.4, -0.2) is 0 Å². The van der Waals surface area contributed by atoms with Gasteiger partial charge in [0.1, 0.15) is 11.3 Å². The minimum atomic E-state index is -0.516. The first-order chi connectivity index (χ1) is 29.1. The number of hydrogen-bond acceptors (Lipinski definition) is 2. The van der Waals surface area contributed by atoms with Gasteiger partial charge in [-0.15, -0.1) is 0 Å². The van der Waals surface area contributed by atoms with Crippen LogP contribution in [-0.2, 0) is 11.8 Å². The fraction of sp³-hybridized carbons (Fsp3) is 0.0877. The third-order valence-corrected chi connectivity index (χ3v) is 13.2. The van der Waals surface area contributed by atoms with Crippen molar-refractivity contribution in [2.75, 3.05) is 4.90 Å². The standard InChI is InChI=1S/C57H41NO/c1-36-15-6-7-18-42(36)40-29-34-51(37(2)35-40)58(41-30-27-39(28-31-41)38-16-4-3-5-17-38)52-25-14-24-49-54(52)45-20-8-11-22-47(45)57(49)48-23-12-9-21-46(48)55-50(57)33-32-44-43-19-10-13-26-53(43)59-56(44)55/h3-9,11-18,20-35H,10,19H2,1-2H3. The van der Waals surface area contributed by atoms with Gasteiger partial charge in [-0.1, -0.05) is 152 Å². The maximum atomic E-state index is 6.86. The van der Waals surface area contributed by atoms with Gasteiger partial charge >= 0.3 is 0 Å². The van der Waals surface area contributed by atoms with Crippen molar-refractivity contribution in [3.05, 3.63) is 227 Å². The largest absolute Gasteiger partial charge is 0.456 e. The molecule has 0 fully saturated rings. The van der Waals surface area contributed by atoms with E-state index in [9.17, 15) is 0 Å². The van der Waals surface area contributed by atoms with E-state index in [1.165, 1.54) is 88.8 Å². The van der Waals surface area contributed by atoms with Gasteiger partial charge in [0.05, 0.1) is 11.1 Å². The lowest BCUT2D eigenvalue weighted by atomic mass is 9.70. The molecule has 0 bridgehead atoms. The van der Waals surface area contributed by atoms with E-state index in [0.717, 1.165) is 41.2 Å². The molecule has 3 aliphatic rings. The maximum absolute atomic E-state index is 6.86. The van der Waals surface area contributed by atoms with E-state index in [1.807, 2.05) is 0 Å². The molecule has 9 aromatic rings. The summed E-state index contributed by atoms with van der Waals surface area (Å²) in [6, 6.07) is 65.3. The van der Waals surface area contributed by atoms with Crippen molar-refractivity contribution in [3.8, 4) is 44.5 Å². The molecule has 2 heteroatoms. The Hall–Kier alpha value is -7.16. The number of hydrogen-bond donors (Lipinski definition) is 0. The SMILES string of the molecule is Cc1ccccc1-c1ccc(N(c2ccc(-c3ccccc3)cc2)c2cccc3c2-c2ccccc2C32c3ccccc3-c3c2ccc2c4c(oc32)C=CCC4)c(C)c1. The number of aryl methyl sites for hydroxylation is 3. The predicted octanol–water partition coefficient (Wildman–Crippen LogP) is 15.2. The molecule has 1 heterocycles. The lowest BCUT2D eigenvalue weighted by Crippen LogP contribution is -2.26. The van der Waals surface area contributed by atoms with Crippen molar-refractivity contribution in [2.45, 2.75) is 32.1 Å². The molecule has 1 aromatic heterocycles. The zero-order valence-electron chi connectivity index (χ0n) is 33.2. The average molecular weight is 756 g/mol. The monoisotopic (exact) mass is 755 g/mol. The van der Waals surface area contributed by atoms with E-state index >= 15 is 0 Å². The van der Waals surface area contributed by atoms with E-state index in [4.69, 9.17) is 4.42 Å². The second-order valence-corrected chi connectivity index (χ2v) is 16.4. The molecule has 3 aliphatic carbocycles. The molecule has 1 spiro atoms. The summed E-state index contributed by atoms with van der Waals surface area (Å²) < 4.78 is 6.86. The highest BCUT2D eigenvalue weighted by Gasteiger charge is 2.53. The van der Waals surface area contributed by atoms with Crippen molar-refractivity contribution in [1.82, 2.24) is 0 Å². The minimum Gasteiger partial charge on any atom is -0.456 e. The molecule has 12 rings (SSSR count). The van der Waals surface area contributed by atoms with Crippen LogP contribution in [0.25, 0.3) is 61.6 Å². The van der Waals surface area contributed by atoms with Crippen LogP contribution in [0.2, 0.25) is 0 Å². The average Bonchev–Trinajstić information content (AvgIpc) is 3.92. The quantitative estimate of drug-likeness (QED) is 0.174. The summed E-state index contributed by atoms with van der Waals surface area (Å²) in [6.45, 7) is 4.45. The number of nitrogens with zero attached hydrogens (tertiary/aromatic N) is 1. The molecule has 1 unspecified atom stereocenters. The highest BCUT2D eigenvalue weighted by Crippen LogP contribution is 2.66. The van der Waals surface area contributed by atoms with Gasteiger partial charge in [-0.3, -0.25) is 0 Å². The highest BCUT2D eigenvalue weighted by atomic mass is 16.3. The number of fused-ring (bicyclic) bond motifs is 14. The first kappa shape index (κ1) is 33.9. The van der Waals surface area contributed by atoms with Gasteiger partial charge in [-0.2, -0.15) is 0 Å². The normalized spacial score (nSPS) is 15.5. The Morgan fingerprint density at radius 3 is 1.90 bits per heavy atom. The van der Waals surface area contributed by atoms with Gasteiger partial charge in [0.2, 0.25) is 0 Å². The second kappa shape index (κ2) is 12.9. The molecule has 8 aromatic carbocycles. The third kappa shape index (κ3) is 4.81. The summed E-state index contributed by atoms with van der Waals surface area (Å²) in [5.74, 6) is 1.00. The van der Waals surface area contributed by atoms with Crippen molar-refractivity contribution in [3.63, 3.8) is 0 Å². The highest BCUT2D eigenvalue weighted by molar-refractivity contribution is 6.07. The molecule has 0 N–H and O–H groups in total. The fourth-order valence-electron chi connectivity index (χ4n) is 10.7. The third-order valence-electron chi connectivity index (χ3n) is 13.2. The molecule has 1 atom stereocenters. The lowest BCUT2D eigenvalue weighted by molar-refractivity contribution is 0.596. The number of anilines is 3. The first-order valence-electron chi connectivity index (χ1n) is 20.8. The smallest absolute Gasteiger partial charge is 0.143 e. The predicted molar refractivity (Wildman–Crippen MR) is 245 cm³/mol. The van der Waals surface area contributed by atoms with Crippen LogP contribution in [0, 0.1) is 13.8 Å². The van der Waals surface area contributed by atoms with Crippen molar-refractivity contribution in [2.24, 2.45) is 0 Å². The van der Waals surface area contributed by atoms with Crippen molar-refractivity contribution < 1.29 is 4.42 Å². The van der Waals surface area contributed by atoms with Crippen LogP contribution in [0.5, 0.6) is 0 Å². The Balaban J connectivity index is 1.12. The summed E-state index contributed by atoms with van der Waals surface area (Å²) in [4.78, 5) is 2.50. The molecule has 0 amide bonds. The molecule has 59 heavy (non-hydrogen) atoms. The van der Waals surface area contributed by atoms with Gasteiger partial charge < -0.3 is 9.32 Å². The van der Waals surface area contributed by atoms with Gasteiger partial charge in [0, 0.05) is 33.5 Å². The zero-order valence-corrected chi connectivity index (χ0v) is 33.2. The molecule has 0 aliphatic heterocycles. The Kier molecular flexibility index (Phi) is 7.43. The fourth-order valence-corrected chi connectivity index (χ4v) is 10.7. The number of rotatable bonds is 5. The second-order valence-electron chi connectivity index (χ2n) is 16.4. The van der Waals surface area contributed by atoms with Crippen LogP contribution in [0.3, 0.4) is 0 Å². The van der Waals surface area contributed by atoms with Crippen LogP contribution in [0.1, 0.15) is 51.1 Å². The molecular weight excluding hydrogens is 715 g/mol. The first-order valence-corrected chi connectivity index (χ1v) is 20.8. The Bertz CT molecular complexity index is 3180. The maximum Gasteiger partial charge on any atom is 0.143 e. The van der Waals surface area contributed by atoms with Crippen LogP contribution < -0.4 is 4.90 Å². The van der Waals surface area contributed by atoms with Gasteiger partial charge in [-0.05, 0) is 130 Å². The van der Waals surface area contributed by atoms with Crippen LogP contribution in [0.15, 0.2) is 186 Å². The molecule has 0 saturated heterocycles. The molecule has 0 radical (unpaired) electrons. The van der Waals surface area contributed by atoms with Crippen molar-refractivity contribution in [1.29, 1.82) is 0 Å². The van der Waals surface area contributed by atoms with E-state index in [-0.39, 0.29) is 0 Å². The molecule has 280 valence electrons. The van der Waals surface area contributed by atoms with Gasteiger partial charge in [-0.25, -0.2) is 0 Å². The van der Waals surface area contributed by atoms with Crippen LogP contribution >= 0.6 is 0 Å². The van der Waals surface area contributed by atoms with Crippen molar-refractivity contribution >= 4 is 34.1 Å². The zero-order chi connectivity index (χ0) is 39.2. The Morgan fingerprint density at radius 2 is 1.14 bits per heavy atom. The summed E-state index contributed by atoms with van der Waals surface area (Å²) in [6.07, 6.45) is 6.46. The van der Waals surface area contributed by atoms with E-state index in [0.29, 0.717) is 0 Å². The molecular formula is C57H41NO. The summed E-state index contributed by atoms with van der Waals surface area (Å²) in [5.41, 5.74) is 22.9. The lowest BCUT2D eigenvalue weighted by Gasteiger charge is -2.32. The molecule has 2 nitrogen and oxygen atoms in total. The summed E-state index contributed by atoms with van der Waals surface area (Å²) >= 11 is 0. The number of allylic oxidation sites excluding steroid dienone is 1. The number of benzene rings is 8. The summed E-state index contributed by atoms with van der Waals surface area (Å²) in [5, 5.41) is 1.24. The van der Waals surface area contributed by atoms with E-state index in [1.54, 1.807) is 0 Å². The summed E-state index contributed by atoms with van der Waals surface area (Å²) in [7, 11) is 0. The topological polar surface area (TPSA) is 16.4 Å². The van der Waals surface area contributed by atoms with E-state index in [2.05, 4.69) is 207 Å². The Morgan fingerprint density at radius 1 is 0.492 bits per heavy atom. The van der Waals surface area contributed by atoms with Gasteiger partial charge in [0.25, 0.3) is 0 Å². The number of furan rings is 1. The van der Waals surface area contributed by atoms with E-state index < -0.39 is 5.41 Å². The van der Waals surface area contributed by atoms with Gasteiger partial charge in [0.15, 0.2) is 0 Å². The minimum absolute atomic E-state index is 0.516.